The SMILES string of the molecule is CCCCC(CC)CN1CCC(CO)C1. The molecule has 0 aromatic carbocycles. The van der Waals surface area contributed by atoms with Gasteiger partial charge in [0, 0.05) is 19.7 Å². The molecule has 2 heteroatoms. The number of likely N-dealkylation sites (tertiary alicyclic amines) is 1. The van der Waals surface area contributed by atoms with Gasteiger partial charge in [0.25, 0.3) is 0 Å². The molecule has 1 aliphatic rings. The highest BCUT2D eigenvalue weighted by Crippen LogP contribution is 2.20. The largest absolute Gasteiger partial charge is 0.396 e. The molecule has 1 fully saturated rings. The van der Waals surface area contributed by atoms with Gasteiger partial charge in [-0.05, 0) is 31.2 Å². The first-order valence-electron chi connectivity index (χ1n) is 6.63. The maximum absolute atomic E-state index is 9.09. The van der Waals surface area contributed by atoms with Gasteiger partial charge in [-0.15, -0.1) is 0 Å². The molecule has 2 nitrogen and oxygen atoms in total. The van der Waals surface area contributed by atoms with Crippen LogP contribution in [0.5, 0.6) is 0 Å². The first-order valence-corrected chi connectivity index (χ1v) is 6.63. The highest BCUT2D eigenvalue weighted by atomic mass is 16.3. The molecule has 0 spiro atoms. The summed E-state index contributed by atoms with van der Waals surface area (Å²) in [5, 5.41) is 9.09. The maximum Gasteiger partial charge on any atom is 0.0471 e. The quantitative estimate of drug-likeness (QED) is 0.702. The lowest BCUT2D eigenvalue weighted by Gasteiger charge is -2.22. The first-order chi connectivity index (χ1) is 7.30. The van der Waals surface area contributed by atoms with Crippen LogP contribution < -0.4 is 0 Å². The fourth-order valence-electron chi connectivity index (χ4n) is 2.51. The lowest BCUT2D eigenvalue weighted by atomic mass is 9.99. The van der Waals surface area contributed by atoms with Crippen LogP contribution in [-0.2, 0) is 0 Å². The second kappa shape index (κ2) is 7.24. The average Bonchev–Trinajstić information content (AvgIpc) is 2.71. The summed E-state index contributed by atoms with van der Waals surface area (Å²) in [7, 11) is 0. The molecule has 2 unspecified atom stereocenters. The third-order valence-electron chi connectivity index (χ3n) is 3.69. The molecule has 15 heavy (non-hydrogen) atoms. The van der Waals surface area contributed by atoms with Crippen LogP contribution >= 0.6 is 0 Å². The van der Waals surface area contributed by atoms with Gasteiger partial charge in [-0.25, -0.2) is 0 Å². The average molecular weight is 213 g/mol. The van der Waals surface area contributed by atoms with Crippen molar-refractivity contribution >= 4 is 0 Å². The molecular formula is C13H27NO. The van der Waals surface area contributed by atoms with Crippen LogP contribution in [0.15, 0.2) is 0 Å². The Kier molecular flexibility index (Phi) is 6.26. The molecule has 1 aliphatic heterocycles. The Balaban J connectivity index is 2.20. The van der Waals surface area contributed by atoms with Crippen molar-refractivity contribution in [2.24, 2.45) is 11.8 Å². The molecule has 0 saturated carbocycles. The van der Waals surface area contributed by atoms with E-state index in [4.69, 9.17) is 5.11 Å². The van der Waals surface area contributed by atoms with Gasteiger partial charge in [0.05, 0.1) is 0 Å². The molecule has 1 saturated heterocycles. The number of aliphatic hydroxyl groups excluding tert-OH is 1. The van der Waals surface area contributed by atoms with Crippen LogP contribution in [0.1, 0.15) is 46.0 Å². The molecule has 0 bridgehead atoms. The Labute approximate surface area is 94.7 Å². The molecule has 2 atom stereocenters. The second-order valence-corrected chi connectivity index (χ2v) is 5.01. The molecular weight excluding hydrogens is 186 g/mol. The van der Waals surface area contributed by atoms with Gasteiger partial charge >= 0.3 is 0 Å². The first kappa shape index (κ1) is 13.0. The predicted molar refractivity (Wildman–Crippen MR) is 64.9 cm³/mol. The Morgan fingerprint density at radius 2 is 2.20 bits per heavy atom. The van der Waals surface area contributed by atoms with Crippen molar-refractivity contribution in [3.05, 3.63) is 0 Å². The van der Waals surface area contributed by atoms with E-state index in [1.165, 1.54) is 45.2 Å². The number of hydrogen-bond acceptors (Lipinski definition) is 2. The van der Waals surface area contributed by atoms with Crippen LogP contribution in [0.25, 0.3) is 0 Å². The molecule has 1 heterocycles. The van der Waals surface area contributed by atoms with Crippen molar-refractivity contribution in [2.75, 3.05) is 26.2 Å². The van der Waals surface area contributed by atoms with Gasteiger partial charge in [0.2, 0.25) is 0 Å². The minimum Gasteiger partial charge on any atom is -0.396 e. The third kappa shape index (κ3) is 4.52. The van der Waals surface area contributed by atoms with E-state index < -0.39 is 0 Å². The van der Waals surface area contributed by atoms with E-state index >= 15 is 0 Å². The van der Waals surface area contributed by atoms with Crippen molar-refractivity contribution < 1.29 is 5.11 Å². The Morgan fingerprint density at radius 3 is 2.73 bits per heavy atom. The summed E-state index contributed by atoms with van der Waals surface area (Å²) in [4.78, 5) is 2.55. The van der Waals surface area contributed by atoms with Crippen LogP contribution in [0.3, 0.4) is 0 Å². The van der Waals surface area contributed by atoms with E-state index in [9.17, 15) is 0 Å². The zero-order valence-electron chi connectivity index (χ0n) is 10.4. The highest BCUT2D eigenvalue weighted by Gasteiger charge is 2.23. The molecule has 0 radical (unpaired) electrons. The van der Waals surface area contributed by atoms with Crippen molar-refractivity contribution in [3.8, 4) is 0 Å². The molecule has 1 rings (SSSR count). The maximum atomic E-state index is 9.09. The van der Waals surface area contributed by atoms with Crippen LogP contribution in [0.2, 0.25) is 0 Å². The highest BCUT2D eigenvalue weighted by molar-refractivity contribution is 4.76. The lowest BCUT2D eigenvalue weighted by Crippen LogP contribution is -2.27. The van der Waals surface area contributed by atoms with Gasteiger partial charge in [-0.3, -0.25) is 0 Å². The van der Waals surface area contributed by atoms with E-state index in [-0.39, 0.29) is 0 Å². The fraction of sp³-hybridized carbons (Fsp3) is 1.00. The Bertz CT molecular complexity index is 161. The summed E-state index contributed by atoms with van der Waals surface area (Å²) in [6, 6.07) is 0. The third-order valence-corrected chi connectivity index (χ3v) is 3.69. The summed E-state index contributed by atoms with van der Waals surface area (Å²) >= 11 is 0. The standard InChI is InChI=1S/C13H27NO/c1-3-5-6-12(4-2)9-14-8-7-13(10-14)11-15/h12-13,15H,3-11H2,1-2H3. The summed E-state index contributed by atoms with van der Waals surface area (Å²) in [5.74, 6) is 1.43. The minimum absolute atomic E-state index is 0.377. The molecule has 1 N–H and O–H groups in total. The summed E-state index contributed by atoms with van der Waals surface area (Å²) < 4.78 is 0. The normalized spacial score (nSPS) is 24.6. The zero-order chi connectivity index (χ0) is 11.1. The molecule has 0 aromatic rings. The molecule has 0 aromatic heterocycles. The molecule has 0 aliphatic carbocycles. The minimum atomic E-state index is 0.377. The van der Waals surface area contributed by atoms with Crippen LogP contribution in [-0.4, -0.2) is 36.2 Å². The van der Waals surface area contributed by atoms with E-state index in [1.54, 1.807) is 0 Å². The van der Waals surface area contributed by atoms with E-state index in [1.807, 2.05) is 0 Å². The number of nitrogens with zero attached hydrogens (tertiary/aromatic N) is 1. The van der Waals surface area contributed by atoms with Crippen molar-refractivity contribution in [3.63, 3.8) is 0 Å². The van der Waals surface area contributed by atoms with Gasteiger partial charge in [0.1, 0.15) is 0 Å². The van der Waals surface area contributed by atoms with E-state index in [0.717, 1.165) is 12.5 Å². The van der Waals surface area contributed by atoms with Crippen molar-refractivity contribution in [1.82, 2.24) is 4.90 Å². The van der Waals surface area contributed by atoms with E-state index in [2.05, 4.69) is 18.7 Å². The summed E-state index contributed by atoms with van der Waals surface area (Å²) in [5.41, 5.74) is 0. The summed E-state index contributed by atoms with van der Waals surface area (Å²) in [6.45, 7) is 8.53. The van der Waals surface area contributed by atoms with Crippen molar-refractivity contribution in [2.45, 2.75) is 46.0 Å². The smallest absolute Gasteiger partial charge is 0.0471 e. The topological polar surface area (TPSA) is 23.5 Å². The van der Waals surface area contributed by atoms with Crippen molar-refractivity contribution in [1.29, 1.82) is 0 Å². The molecule has 90 valence electrons. The Hall–Kier alpha value is -0.0800. The van der Waals surface area contributed by atoms with Gasteiger partial charge in [-0.2, -0.15) is 0 Å². The predicted octanol–water partition coefficient (Wildman–Crippen LogP) is 2.52. The Morgan fingerprint density at radius 1 is 1.40 bits per heavy atom. The monoisotopic (exact) mass is 213 g/mol. The second-order valence-electron chi connectivity index (χ2n) is 5.01. The number of aliphatic hydroxyl groups is 1. The number of rotatable bonds is 7. The fourth-order valence-corrected chi connectivity index (χ4v) is 2.51. The van der Waals surface area contributed by atoms with Gasteiger partial charge in [0.15, 0.2) is 0 Å². The van der Waals surface area contributed by atoms with Gasteiger partial charge < -0.3 is 10.0 Å². The number of hydrogen-bond donors (Lipinski definition) is 1. The van der Waals surface area contributed by atoms with Gasteiger partial charge in [-0.1, -0.05) is 33.1 Å². The lowest BCUT2D eigenvalue weighted by molar-refractivity contribution is 0.208. The van der Waals surface area contributed by atoms with E-state index in [0.29, 0.717) is 12.5 Å². The van der Waals surface area contributed by atoms with Crippen LogP contribution in [0, 0.1) is 11.8 Å². The molecule has 0 amide bonds. The zero-order valence-corrected chi connectivity index (χ0v) is 10.4. The number of unbranched alkanes of at least 4 members (excludes halogenated alkanes) is 1. The summed E-state index contributed by atoms with van der Waals surface area (Å²) in [6.07, 6.45) is 6.57. The van der Waals surface area contributed by atoms with Crippen LogP contribution in [0.4, 0.5) is 0 Å².